The number of carbonyl (C=O) groups excluding carboxylic acids is 1. The van der Waals surface area contributed by atoms with E-state index in [9.17, 15) is 19.5 Å². The van der Waals surface area contributed by atoms with Crippen molar-refractivity contribution in [1.82, 2.24) is 9.97 Å². The number of imidazole rings is 1. The van der Waals surface area contributed by atoms with Gasteiger partial charge in [-0.3, -0.25) is 15.9 Å². The minimum absolute atomic E-state index is 0.111. The van der Waals surface area contributed by atoms with Crippen LogP contribution in [0.15, 0.2) is 60.1 Å². The Bertz CT molecular complexity index is 1650. The average molecular weight is 566 g/mol. The van der Waals surface area contributed by atoms with Gasteiger partial charge in [-0.15, -0.1) is 0 Å². The summed E-state index contributed by atoms with van der Waals surface area (Å²) < 4.78 is 20.2. The quantitative estimate of drug-likeness (QED) is 0.0469. The summed E-state index contributed by atoms with van der Waals surface area (Å²) >= 11 is 6.22. The molecule has 2 aromatic carbocycles. The second kappa shape index (κ2) is 10.4. The predicted molar refractivity (Wildman–Crippen MR) is 142 cm³/mol. The first-order valence-corrected chi connectivity index (χ1v) is 12.2. The molecule has 6 N–H and O–H groups in total. The zero-order valence-electron chi connectivity index (χ0n) is 20.9. The Balaban J connectivity index is 1.51. The molecule has 0 unspecified atom stereocenters. The molecule has 4 aromatic rings. The van der Waals surface area contributed by atoms with Crippen LogP contribution in [0.4, 0.5) is 20.6 Å². The molecule has 0 spiro atoms. The topological polar surface area (TPSA) is 175 Å². The number of ether oxygens (including phenoxy) is 1. The summed E-state index contributed by atoms with van der Waals surface area (Å²) in [5.74, 6) is -0.528. The summed E-state index contributed by atoms with van der Waals surface area (Å²) in [6, 6.07) is 10.7. The van der Waals surface area contributed by atoms with Crippen LogP contribution in [0.3, 0.4) is 0 Å². The molecular weight excluding hydrogens is 543 g/mol. The minimum atomic E-state index is -1.71. The number of amides is 1. The molecule has 0 aliphatic heterocycles. The highest BCUT2D eigenvalue weighted by Crippen LogP contribution is 2.42. The Labute approximate surface area is 231 Å². The number of rotatable bonds is 7. The SMILES string of the molecule is COC(=O)Nc1ccc(-c2cnc([C@]3(O)CCc4cc(-c5cc(Cl)ccc5N(C=N)N=N)c[n+](O)c43)[nH]2)c(F)c1. The molecule has 40 heavy (non-hydrogen) atoms. The molecule has 1 aliphatic carbocycles. The lowest BCUT2D eigenvalue weighted by Crippen LogP contribution is -2.44. The molecular formula is C26H23ClFN8O4+. The van der Waals surface area contributed by atoms with Gasteiger partial charge in [-0.25, -0.2) is 19.2 Å². The molecule has 1 amide bonds. The summed E-state index contributed by atoms with van der Waals surface area (Å²) in [6.45, 7) is 0. The standard InChI is InChI=1S/C26H22ClFN8O4/c1-40-25(37)32-17-3-4-18(20(28)10-17)21-11-31-24(33-21)26(38)7-6-14-8-15(12-36(39)23(14)26)19-9-16(27)2-5-22(19)35(13-29)34-30/h2-5,8-13,29,38H,6-7H2,1H3,(H3-,30,31,32,33,34,37,39)/p+1/t26-/m0/s1. The van der Waals surface area contributed by atoms with Gasteiger partial charge in [0.2, 0.25) is 11.8 Å². The lowest BCUT2D eigenvalue weighted by Gasteiger charge is -2.18. The molecule has 0 radical (unpaired) electrons. The van der Waals surface area contributed by atoms with Crippen molar-refractivity contribution in [3.8, 4) is 22.4 Å². The number of nitrogens with zero attached hydrogens (tertiary/aromatic N) is 4. The molecule has 2 heterocycles. The van der Waals surface area contributed by atoms with Crippen molar-refractivity contribution in [2.75, 3.05) is 17.4 Å². The summed E-state index contributed by atoms with van der Waals surface area (Å²) in [6.07, 6.45) is 3.46. The van der Waals surface area contributed by atoms with Crippen LogP contribution < -0.4 is 15.1 Å². The van der Waals surface area contributed by atoms with Crippen LogP contribution in [-0.4, -0.2) is 39.8 Å². The van der Waals surface area contributed by atoms with Gasteiger partial charge < -0.3 is 14.8 Å². The maximum absolute atomic E-state index is 14.9. The van der Waals surface area contributed by atoms with Gasteiger partial charge in [0.05, 0.1) is 30.3 Å². The number of carbonyl (C=O) groups is 1. The molecule has 12 nitrogen and oxygen atoms in total. The van der Waals surface area contributed by atoms with Crippen LogP contribution in [0, 0.1) is 16.8 Å². The summed E-state index contributed by atoms with van der Waals surface area (Å²) in [5.41, 5.74) is 8.54. The van der Waals surface area contributed by atoms with Gasteiger partial charge in [0.25, 0.3) is 5.69 Å². The first kappa shape index (κ1) is 26.7. The van der Waals surface area contributed by atoms with Crippen molar-refractivity contribution in [2.24, 2.45) is 5.22 Å². The number of benzene rings is 2. The van der Waals surface area contributed by atoms with Crippen LogP contribution in [-0.2, 0) is 16.8 Å². The number of aliphatic hydroxyl groups is 1. The molecule has 204 valence electrons. The first-order valence-electron chi connectivity index (χ1n) is 11.9. The molecule has 1 aliphatic rings. The molecule has 0 fully saturated rings. The van der Waals surface area contributed by atoms with Gasteiger partial charge >= 0.3 is 6.09 Å². The second-order valence-corrected chi connectivity index (χ2v) is 9.44. The highest BCUT2D eigenvalue weighted by atomic mass is 35.5. The number of methoxy groups -OCH3 is 1. The maximum Gasteiger partial charge on any atom is 0.411 e. The van der Waals surface area contributed by atoms with Crippen LogP contribution in [0.5, 0.6) is 0 Å². The van der Waals surface area contributed by atoms with E-state index in [1.54, 1.807) is 24.3 Å². The molecule has 0 bridgehead atoms. The first-order chi connectivity index (χ1) is 19.2. The third-order valence-electron chi connectivity index (χ3n) is 6.68. The normalized spacial score (nSPS) is 15.8. The van der Waals surface area contributed by atoms with Crippen molar-refractivity contribution in [3.05, 3.63) is 82.8 Å². The molecule has 1 atom stereocenters. The monoisotopic (exact) mass is 565 g/mol. The number of aromatic nitrogens is 3. The minimum Gasteiger partial charge on any atom is -0.453 e. The number of aryl methyl sites for hydroxylation is 1. The predicted octanol–water partition coefficient (Wildman–Crippen LogP) is 4.78. The van der Waals surface area contributed by atoms with Gasteiger partial charge in [0.15, 0.2) is 0 Å². The van der Waals surface area contributed by atoms with E-state index in [-0.39, 0.29) is 34.9 Å². The van der Waals surface area contributed by atoms with E-state index in [1.165, 1.54) is 31.6 Å². The van der Waals surface area contributed by atoms with Crippen molar-refractivity contribution in [1.29, 1.82) is 10.9 Å². The third kappa shape index (κ3) is 4.61. The van der Waals surface area contributed by atoms with Gasteiger partial charge in [0.1, 0.15) is 18.0 Å². The Hall–Kier alpha value is -4.88. The summed E-state index contributed by atoms with van der Waals surface area (Å²) in [4.78, 5) is 18.7. The number of fused-ring (bicyclic) bond motifs is 1. The van der Waals surface area contributed by atoms with Gasteiger partial charge in [-0.1, -0.05) is 16.8 Å². The number of hydrogen-bond donors (Lipinski definition) is 6. The van der Waals surface area contributed by atoms with Gasteiger partial charge in [-0.2, -0.15) is 5.53 Å². The molecule has 2 aromatic heterocycles. The number of nitrogens with one attached hydrogen (secondary N) is 4. The van der Waals surface area contributed by atoms with E-state index < -0.39 is 17.5 Å². The van der Waals surface area contributed by atoms with Crippen LogP contribution >= 0.6 is 11.6 Å². The lowest BCUT2D eigenvalue weighted by molar-refractivity contribution is -0.912. The zero-order chi connectivity index (χ0) is 28.6. The summed E-state index contributed by atoms with van der Waals surface area (Å²) in [7, 11) is 1.20. The number of anilines is 2. The van der Waals surface area contributed by atoms with Crippen molar-refractivity contribution in [3.63, 3.8) is 0 Å². The van der Waals surface area contributed by atoms with E-state index in [0.717, 1.165) is 22.1 Å². The Morgan fingerprint density at radius 3 is 2.83 bits per heavy atom. The Morgan fingerprint density at radius 2 is 2.12 bits per heavy atom. The highest BCUT2D eigenvalue weighted by Gasteiger charge is 2.50. The largest absolute Gasteiger partial charge is 0.453 e. The van der Waals surface area contributed by atoms with Gasteiger partial charge in [-0.05, 0) is 55.3 Å². The number of aromatic amines is 1. The van der Waals surface area contributed by atoms with E-state index in [4.69, 9.17) is 22.5 Å². The van der Waals surface area contributed by atoms with Gasteiger partial charge in [0, 0.05) is 32.1 Å². The maximum atomic E-state index is 14.9. The van der Waals surface area contributed by atoms with Crippen LogP contribution in [0.25, 0.3) is 22.4 Å². The molecule has 0 saturated carbocycles. The fourth-order valence-electron chi connectivity index (χ4n) is 4.83. The molecule has 0 saturated heterocycles. The second-order valence-electron chi connectivity index (χ2n) is 9.00. The number of hydrogen-bond acceptors (Lipinski definition) is 8. The van der Waals surface area contributed by atoms with Crippen molar-refractivity contribution in [2.45, 2.75) is 18.4 Å². The smallest absolute Gasteiger partial charge is 0.411 e. The van der Waals surface area contributed by atoms with Crippen molar-refractivity contribution >= 4 is 35.4 Å². The Kier molecular flexibility index (Phi) is 6.92. The fourth-order valence-corrected chi connectivity index (χ4v) is 5.01. The number of halogens is 2. The van der Waals surface area contributed by atoms with E-state index in [1.807, 2.05) is 0 Å². The lowest BCUT2D eigenvalue weighted by atomic mass is 9.98. The van der Waals surface area contributed by atoms with E-state index in [2.05, 4.69) is 25.2 Å². The fraction of sp³-hybridized carbons (Fsp3) is 0.154. The van der Waals surface area contributed by atoms with E-state index in [0.29, 0.717) is 33.8 Å². The molecule has 14 heteroatoms. The van der Waals surface area contributed by atoms with Crippen LogP contribution in [0.2, 0.25) is 5.02 Å². The highest BCUT2D eigenvalue weighted by molar-refractivity contribution is 6.31. The zero-order valence-corrected chi connectivity index (χ0v) is 21.7. The third-order valence-corrected chi connectivity index (χ3v) is 6.91. The molecule has 5 rings (SSSR count). The van der Waals surface area contributed by atoms with E-state index >= 15 is 0 Å². The number of pyridine rings is 1. The van der Waals surface area contributed by atoms with Crippen LogP contribution in [0.1, 0.15) is 23.5 Å². The number of H-pyrrole nitrogens is 1. The Morgan fingerprint density at radius 1 is 1.32 bits per heavy atom. The summed E-state index contributed by atoms with van der Waals surface area (Å²) in [5, 5.41) is 37.4. The van der Waals surface area contributed by atoms with Crippen molar-refractivity contribution < 1.29 is 29.0 Å². The average Bonchev–Trinajstić information content (AvgIpc) is 3.56.